The van der Waals surface area contributed by atoms with Gasteiger partial charge in [0, 0.05) is 19.6 Å². The Morgan fingerprint density at radius 3 is 2.74 bits per heavy atom. The first-order chi connectivity index (χ1) is 11.0. The average Bonchev–Trinajstić information content (AvgIpc) is 2.96. The molecule has 0 aromatic heterocycles. The maximum atomic E-state index is 13.2. The van der Waals surface area contributed by atoms with E-state index in [1.165, 1.54) is 12.1 Å². The van der Waals surface area contributed by atoms with Gasteiger partial charge in [-0.25, -0.2) is 4.39 Å². The molecule has 1 aliphatic heterocycles. The number of amides is 1. The lowest BCUT2D eigenvalue weighted by molar-refractivity contribution is -0.136. The number of aryl methyl sites for hydroxylation is 1. The lowest BCUT2D eigenvalue weighted by Crippen LogP contribution is -2.46. The van der Waals surface area contributed by atoms with Gasteiger partial charge in [-0.05, 0) is 63.4 Å². The minimum Gasteiger partial charge on any atom is -0.387 e. The van der Waals surface area contributed by atoms with E-state index in [4.69, 9.17) is 0 Å². The molecule has 1 N–H and O–H groups in total. The molecular formula is C18H27FN2O2. The number of carbonyl (C=O) groups is 1. The Labute approximate surface area is 137 Å². The van der Waals surface area contributed by atoms with Gasteiger partial charge in [-0.3, -0.25) is 9.69 Å². The summed E-state index contributed by atoms with van der Waals surface area (Å²) in [5.74, 6) is -0.148. The fourth-order valence-corrected chi connectivity index (χ4v) is 3.40. The third-order valence-electron chi connectivity index (χ3n) is 4.72. The Hall–Kier alpha value is -1.46. The fourth-order valence-electron chi connectivity index (χ4n) is 3.40. The Balaban J connectivity index is 2.07. The van der Waals surface area contributed by atoms with Gasteiger partial charge in [-0.1, -0.05) is 6.07 Å². The predicted octanol–water partition coefficient (Wildman–Crippen LogP) is 2.50. The fraction of sp³-hybridized carbons (Fsp3) is 0.611. The number of hydrogen-bond donors (Lipinski definition) is 1. The summed E-state index contributed by atoms with van der Waals surface area (Å²) in [4.78, 5) is 16.5. The second kappa shape index (κ2) is 7.88. The van der Waals surface area contributed by atoms with Crippen LogP contribution in [-0.4, -0.2) is 53.0 Å². The van der Waals surface area contributed by atoms with Gasteiger partial charge < -0.3 is 10.0 Å². The largest absolute Gasteiger partial charge is 0.387 e. The molecule has 0 bridgehead atoms. The van der Waals surface area contributed by atoms with Crippen LogP contribution in [0.3, 0.4) is 0 Å². The van der Waals surface area contributed by atoms with Crippen molar-refractivity contribution in [3.63, 3.8) is 0 Å². The van der Waals surface area contributed by atoms with E-state index in [0.29, 0.717) is 19.6 Å². The minimum atomic E-state index is -0.708. The van der Waals surface area contributed by atoms with E-state index in [2.05, 4.69) is 4.90 Å². The highest BCUT2D eigenvalue weighted by molar-refractivity contribution is 5.82. The molecule has 1 amide bonds. The van der Waals surface area contributed by atoms with E-state index in [9.17, 15) is 14.3 Å². The first-order valence-corrected chi connectivity index (χ1v) is 8.44. The van der Waals surface area contributed by atoms with Gasteiger partial charge in [0.05, 0.1) is 12.1 Å². The molecule has 0 spiro atoms. The van der Waals surface area contributed by atoms with Crippen LogP contribution >= 0.6 is 0 Å². The zero-order chi connectivity index (χ0) is 17.0. The zero-order valence-electron chi connectivity index (χ0n) is 14.3. The number of β-amino-alcohol motifs (C(OH)–C–C–N with tert-alkyl or cyclic N) is 1. The first-order valence-electron chi connectivity index (χ1n) is 8.44. The van der Waals surface area contributed by atoms with Crippen LogP contribution in [-0.2, 0) is 4.79 Å². The number of halogens is 1. The third-order valence-corrected chi connectivity index (χ3v) is 4.72. The van der Waals surface area contributed by atoms with Crippen molar-refractivity contribution in [3.8, 4) is 0 Å². The van der Waals surface area contributed by atoms with Crippen molar-refractivity contribution in [1.29, 1.82) is 0 Å². The lowest BCUT2D eigenvalue weighted by Gasteiger charge is -2.30. The summed E-state index contributed by atoms with van der Waals surface area (Å²) in [6, 6.07) is 4.28. The molecule has 0 saturated carbocycles. The zero-order valence-corrected chi connectivity index (χ0v) is 14.3. The number of likely N-dealkylation sites (tertiary alicyclic amines) is 1. The molecule has 4 nitrogen and oxygen atoms in total. The van der Waals surface area contributed by atoms with Gasteiger partial charge >= 0.3 is 0 Å². The maximum Gasteiger partial charge on any atom is 0.239 e. The number of rotatable bonds is 6. The topological polar surface area (TPSA) is 43.8 Å². The van der Waals surface area contributed by atoms with Crippen molar-refractivity contribution >= 4 is 5.91 Å². The Bertz CT molecular complexity index is 546. The Morgan fingerprint density at radius 1 is 1.43 bits per heavy atom. The normalized spacial score (nSPS) is 19.8. The summed E-state index contributed by atoms with van der Waals surface area (Å²) in [7, 11) is 0. The highest BCUT2D eigenvalue weighted by atomic mass is 19.1. The second-order valence-corrected chi connectivity index (χ2v) is 6.18. The Kier molecular flexibility index (Phi) is 6.13. The lowest BCUT2D eigenvalue weighted by atomic mass is 10.0. The quantitative estimate of drug-likeness (QED) is 0.875. The van der Waals surface area contributed by atoms with Gasteiger partial charge in [-0.15, -0.1) is 0 Å². The summed E-state index contributed by atoms with van der Waals surface area (Å²) < 4.78 is 13.2. The van der Waals surface area contributed by atoms with Crippen LogP contribution in [0.4, 0.5) is 4.39 Å². The van der Waals surface area contributed by atoms with E-state index >= 15 is 0 Å². The van der Waals surface area contributed by atoms with Crippen molar-refractivity contribution in [2.75, 3.05) is 26.2 Å². The summed E-state index contributed by atoms with van der Waals surface area (Å²) in [5.41, 5.74) is 1.47. The van der Waals surface area contributed by atoms with E-state index in [0.717, 1.165) is 30.5 Å². The number of nitrogens with zero attached hydrogens (tertiary/aromatic N) is 2. The molecular weight excluding hydrogens is 295 g/mol. The van der Waals surface area contributed by atoms with Gasteiger partial charge in [0.1, 0.15) is 5.82 Å². The van der Waals surface area contributed by atoms with Crippen molar-refractivity contribution in [1.82, 2.24) is 9.80 Å². The maximum absolute atomic E-state index is 13.2. The van der Waals surface area contributed by atoms with Crippen molar-refractivity contribution < 1.29 is 14.3 Å². The first kappa shape index (κ1) is 17.9. The smallest absolute Gasteiger partial charge is 0.239 e. The van der Waals surface area contributed by atoms with E-state index < -0.39 is 6.10 Å². The molecule has 0 aliphatic carbocycles. The molecule has 1 aromatic rings. The highest BCUT2D eigenvalue weighted by Gasteiger charge is 2.34. The van der Waals surface area contributed by atoms with E-state index in [1.54, 1.807) is 13.0 Å². The van der Waals surface area contributed by atoms with Gasteiger partial charge in [-0.2, -0.15) is 0 Å². The molecule has 2 unspecified atom stereocenters. The van der Waals surface area contributed by atoms with Gasteiger partial charge in [0.2, 0.25) is 5.91 Å². The number of benzene rings is 1. The number of hydrogen-bond acceptors (Lipinski definition) is 3. The molecule has 1 saturated heterocycles. The molecule has 1 aromatic carbocycles. The monoisotopic (exact) mass is 322 g/mol. The van der Waals surface area contributed by atoms with Gasteiger partial charge in [0.15, 0.2) is 0 Å². The predicted molar refractivity (Wildman–Crippen MR) is 88.6 cm³/mol. The number of carbonyl (C=O) groups excluding carboxylic acids is 1. The highest BCUT2D eigenvalue weighted by Crippen LogP contribution is 2.25. The standard InChI is InChI=1S/C18H27FN2O2/c1-4-20(5-2)18(23)16-7-6-10-21(16)12-17(22)15-9-8-14(19)11-13(15)3/h8-9,11,16-17,22H,4-7,10,12H2,1-3H3. The SMILES string of the molecule is CCN(CC)C(=O)C1CCCN1CC(O)c1ccc(F)cc1C. The number of aliphatic hydroxyl groups excluding tert-OH is 1. The molecule has 1 heterocycles. The molecule has 128 valence electrons. The molecule has 1 aliphatic rings. The summed E-state index contributed by atoms with van der Waals surface area (Å²) in [6.45, 7) is 8.40. The van der Waals surface area contributed by atoms with Gasteiger partial charge in [0.25, 0.3) is 0 Å². The molecule has 2 atom stereocenters. The third kappa shape index (κ3) is 4.09. The minimum absolute atomic E-state index is 0.148. The Morgan fingerprint density at radius 2 is 2.13 bits per heavy atom. The molecule has 23 heavy (non-hydrogen) atoms. The summed E-state index contributed by atoms with van der Waals surface area (Å²) in [5, 5.41) is 10.5. The van der Waals surface area contributed by atoms with Crippen LogP contribution in [0.25, 0.3) is 0 Å². The van der Waals surface area contributed by atoms with Crippen molar-refractivity contribution in [2.45, 2.75) is 45.8 Å². The molecule has 2 rings (SSSR count). The van der Waals surface area contributed by atoms with Crippen LogP contribution in [0.2, 0.25) is 0 Å². The van der Waals surface area contributed by atoms with Crippen LogP contribution in [0, 0.1) is 12.7 Å². The second-order valence-electron chi connectivity index (χ2n) is 6.18. The number of aliphatic hydroxyl groups is 1. The molecule has 1 fully saturated rings. The van der Waals surface area contributed by atoms with Crippen LogP contribution in [0.15, 0.2) is 18.2 Å². The molecule has 5 heteroatoms. The van der Waals surface area contributed by atoms with Crippen LogP contribution in [0.1, 0.15) is 43.9 Å². The van der Waals surface area contributed by atoms with E-state index in [-0.39, 0.29) is 17.8 Å². The van der Waals surface area contributed by atoms with Crippen LogP contribution < -0.4 is 0 Å². The number of likely N-dealkylation sites (N-methyl/N-ethyl adjacent to an activating group) is 1. The molecule has 0 radical (unpaired) electrons. The average molecular weight is 322 g/mol. The van der Waals surface area contributed by atoms with Crippen molar-refractivity contribution in [2.24, 2.45) is 0 Å². The van der Waals surface area contributed by atoms with Crippen molar-refractivity contribution in [3.05, 3.63) is 35.1 Å². The summed E-state index contributed by atoms with van der Waals surface area (Å²) in [6.07, 6.45) is 1.10. The summed E-state index contributed by atoms with van der Waals surface area (Å²) >= 11 is 0. The van der Waals surface area contributed by atoms with Crippen LogP contribution in [0.5, 0.6) is 0 Å². The van der Waals surface area contributed by atoms with E-state index in [1.807, 2.05) is 18.7 Å².